The van der Waals surface area contributed by atoms with Crippen molar-refractivity contribution in [3.8, 4) is 0 Å². The van der Waals surface area contributed by atoms with Crippen LogP contribution in [0, 0.1) is 0 Å². The molecule has 0 aliphatic carbocycles. The molecule has 29 heavy (non-hydrogen) atoms. The van der Waals surface area contributed by atoms with Gasteiger partial charge in [0, 0.05) is 6.54 Å². The number of ether oxygens (including phenoxy) is 1. The second-order valence-corrected chi connectivity index (χ2v) is 6.38. The molecular formula is C18H15F6N3O2. The Labute approximate surface area is 161 Å². The molecule has 0 saturated heterocycles. The molecule has 1 amide bonds. The first-order valence-electron chi connectivity index (χ1n) is 8.36. The number of rotatable bonds is 3. The quantitative estimate of drug-likeness (QED) is 0.677. The van der Waals surface area contributed by atoms with Crippen molar-refractivity contribution in [2.24, 2.45) is 0 Å². The van der Waals surface area contributed by atoms with E-state index in [1.165, 1.54) is 4.90 Å². The van der Waals surface area contributed by atoms with Gasteiger partial charge in [0.05, 0.1) is 35.6 Å². The summed E-state index contributed by atoms with van der Waals surface area (Å²) in [6, 6.07) is 2.80. The minimum absolute atomic E-state index is 0.0221. The molecule has 3 rings (SSSR count). The molecule has 0 N–H and O–H groups in total. The molecule has 156 valence electrons. The number of benzene rings is 1. The molecule has 2 heterocycles. The van der Waals surface area contributed by atoms with Gasteiger partial charge < -0.3 is 9.64 Å². The zero-order valence-electron chi connectivity index (χ0n) is 14.8. The van der Waals surface area contributed by atoms with Gasteiger partial charge in [-0.05, 0) is 35.9 Å². The first-order valence-corrected chi connectivity index (χ1v) is 8.36. The third-order valence-corrected chi connectivity index (χ3v) is 4.29. The van der Waals surface area contributed by atoms with Crippen LogP contribution in [-0.4, -0.2) is 27.3 Å². The van der Waals surface area contributed by atoms with E-state index in [4.69, 9.17) is 4.74 Å². The van der Waals surface area contributed by atoms with Gasteiger partial charge in [-0.2, -0.15) is 31.4 Å². The minimum atomic E-state index is -4.96. The van der Waals surface area contributed by atoms with E-state index >= 15 is 0 Å². The Morgan fingerprint density at radius 1 is 1.07 bits per heavy atom. The summed E-state index contributed by atoms with van der Waals surface area (Å²) in [5.41, 5.74) is -1.99. The van der Waals surface area contributed by atoms with Gasteiger partial charge in [-0.3, -0.25) is 4.68 Å². The molecule has 1 aromatic heterocycles. The number of hydrogen-bond acceptors (Lipinski definition) is 3. The highest BCUT2D eigenvalue weighted by Crippen LogP contribution is 2.36. The standard InChI is InChI=1S/C18H15F6N3O2/c1-2-14-8-15-9-26(3-4-27(15)25-14)16(28)29-10-11-5-12(17(19,20)21)7-13(6-11)18(22,23)24/h2,5-8H,1,3-4,9-10H2. The Morgan fingerprint density at radius 2 is 1.69 bits per heavy atom. The first kappa shape index (κ1) is 20.7. The van der Waals surface area contributed by atoms with Crippen LogP contribution in [0.3, 0.4) is 0 Å². The van der Waals surface area contributed by atoms with Crippen molar-refractivity contribution in [3.63, 3.8) is 0 Å². The van der Waals surface area contributed by atoms with Crippen molar-refractivity contribution in [2.45, 2.75) is 32.0 Å². The summed E-state index contributed by atoms with van der Waals surface area (Å²) in [6.07, 6.45) is -9.23. The lowest BCUT2D eigenvalue weighted by Crippen LogP contribution is -2.38. The lowest BCUT2D eigenvalue weighted by atomic mass is 10.1. The second kappa shape index (κ2) is 7.45. The van der Waals surface area contributed by atoms with Crippen LogP contribution in [0.1, 0.15) is 28.1 Å². The zero-order valence-corrected chi connectivity index (χ0v) is 14.8. The van der Waals surface area contributed by atoms with Gasteiger partial charge >= 0.3 is 18.4 Å². The van der Waals surface area contributed by atoms with Crippen molar-refractivity contribution < 1.29 is 35.9 Å². The molecule has 1 aromatic carbocycles. The van der Waals surface area contributed by atoms with E-state index in [-0.39, 0.29) is 19.2 Å². The maximum absolute atomic E-state index is 12.9. The zero-order chi connectivity index (χ0) is 21.4. The number of amides is 1. The molecule has 5 nitrogen and oxygen atoms in total. The first-order chi connectivity index (χ1) is 13.5. The molecule has 0 saturated carbocycles. The van der Waals surface area contributed by atoms with Gasteiger partial charge in [0.1, 0.15) is 6.61 Å². The minimum Gasteiger partial charge on any atom is -0.445 e. The number of alkyl halides is 6. The van der Waals surface area contributed by atoms with E-state index in [1.54, 1.807) is 16.8 Å². The fourth-order valence-electron chi connectivity index (χ4n) is 2.88. The molecule has 2 aromatic rings. The lowest BCUT2D eigenvalue weighted by Gasteiger charge is -2.27. The average molecular weight is 419 g/mol. The van der Waals surface area contributed by atoms with Crippen LogP contribution in [0.5, 0.6) is 0 Å². The lowest BCUT2D eigenvalue weighted by molar-refractivity contribution is -0.143. The van der Waals surface area contributed by atoms with Crippen molar-refractivity contribution in [1.82, 2.24) is 14.7 Å². The largest absolute Gasteiger partial charge is 0.445 e. The Bertz CT molecular complexity index is 900. The van der Waals surface area contributed by atoms with E-state index in [0.29, 0.717) is 30.1 Å². The third-order valence-electron chi connectivity index (χ3n) is 4.29. The second-order valence-electron chi connectivity index (χ2n) is 6.38. The fourth-order valence-corrected chi connectivity index (χ4v) is 2.88. The van der Waals surface area contributed by atoms with Crippen molar-refractivity contribution >= 4 is 12.2 Å². The smallest absolute Gasteiger partial charge is 0.416 e. The van der Waals surface area contributed by atoms with E-state index < -0.39 is 41.7 Å². The van der Waals surface area contributed by atoms with E-state index in [1.807, 2.05) is 0 Å². The average Bonchev–Trinajstić information content (AvgIpc) is 3.06. The summed E-state index contributed by atoms with van der Waals surface area (Å²) in [6.45, 7) is 3.64. The van der Waals surface area contributed by atoms with Crippen molar-refractivity contribution in [2.75, 3.05) is 6.54 Å². The Balaban J connectivity index is 1.72. The highest BCUT2D eigenvalue weighted by atomic mass is 19.4. The fraction of sp³-hybridized carbons (Fsp3) is 0.333. The van der Waals surface area contributed by atoms with Gasteiger partial charge in [0.15, 0.2) is 0 Å². The number of carbonyl (C=O) groups excluding carboxylic acids is 1. The summed E-state index contributed by atoms with van der Waals surface area (Å²) in [5.74, 6) is 0. The molecule has 1 aliphatic heterocycles. The van der Waals surface area contributed by atoms with E-state index in [2.05, 4.69) is 11.7 Å². The van der Waals surface area contributed by atoms with Gasteiger partial charge in [0.25, 0.3) is 0 Å². The SMILES string of the molecule is C=Cc1cc2n(n1)CCN(C(=O)OCc1cc(C(F)(F)F)cc(C(F)(F)F)c1)C2. The summed E-state index contributed by atoms with van der Waals surface area (Å²) in [5, 5.41) is 4.23. The van der Waals surface area contributed by atoms with Crippen LogP contribution in [-0.2, 0) is 36.8 Å². The molecule has 0 bridgehead atoms. The van der Waals surface area contributed by atoms with Crippen LogP contribution in [0.2, 0.25) is 0 Å². The van der Waals surface area contributed by atoms with E-state index in [9.17, 15) is 31.1 Å². The Kier molecular flexibility index (Phi) is 5.33. The number of aromatic nitrogens is 2. The monoisotopic (exact) mass is 419 g/mol. The summed E-state index contributed by atoms with van der Waals surface area (Å²) in [7, 11) is 0. The number of carbonyl (C=O) groups is 1. The van der Waals surface area contributed by atoms with Crippen LogP contribution in [0.15, 0.2) is 30.8 Å². The molecule has 0 atom stereocenters. The molecule has 0 radical (unpaired) electrons. The normalized spacial score (nSPS) is 14.5. The van der Waals surface area contributed by atoms with Gasteiger partial charge in [-0.25, -0.2) is 4.79 Å². The van der Waals surface area contributed by atoms with Crippen LogP contribution >= 0.6 is 0 Å². The topological polar surface area (TPSA) is 47.4 Å². The van der Waals surface area contributed by atoms with E-state index in [0.717, 1.165) is 0 Å². The molecule has 1 aliphatic rings. The number of nitrogens with zero attached hydrogens (tertiary/aromatic N) is 3. The van der Waals surface area contributed by atoms with Crippen LogP contribution in [0.4, 0.5) is 31.1 Å². The van der Waals surface area contributed by atoms with Gasteiger partial charge in [-0.15, -0.1) is 0 Å². The molecular weight excluding hydrogens is 404 g/mol. The summed E-state index contributed by atoms with van der Waals surface area (Å²) in [4.78, 5) is 13.5. The molecule has 0 fully saturated rings. The summed E-state index contributed by atoms with van der Waals surface area (Å²) < 4.78 is 84.0. The molecule has 0 unspecified atom stereocenters. The number of hydrogen-bond donors (Lipinski definition) is 0. The van der Waals surface area contributed by atoms with Crippen LogP contribution < -0.4 is 0 Å². The number of halogens is 6. The van der Waals surface area contributed by atoms with Crippen LogP contribution in [0.25, 0.3) is 6.08 Å². The molecule has 0 spiro atoms. The number of fused-ring (bicyclic) bond motifs is 1. The Morgan fingerprint density at radius 3 is 2.24 bits per heavy atom. The maximum atomic E-state index is 12.9. The predicted octanol–water partition coefficient (Wildman–Crippen LogP) is 4.72. The molecule has 11 heteroatoms. The summed E-state index contributed by atoms with van der Waals surface area (Å²) >= 11 is 0. The Hall–Kier alpha value is -2.98. The highest BCUT2D eigenvalue weighted by Gasteiger charge is 2.37. The van der Waals surface area contributed by atoms with Crippen molar-refractivity contribution in [3.05, 3.63) is 58.9 Å². The van der Waals surface area contributed by atoms with Crippen molar-refractivity contribution in [1.29, 1.82) is 0 Å². The maximum Gasteiger partial charge on any atom is 0.416 e. The van der Waals surface area contributed by atoms with Gasteiger partial charge in [-0.1, -0.05) is 6.58 Å². The predicted molar refractivity (Wildman–Crippen MR) is 89.4 cm³/mol. The highest BCUT2D eigenvalue weighted by molar-refractivity contribution is 5.67. The third kappa shape index (κ3) is 4.72. The van der Waals surface area contributed by atoms with Gasteiger partial charge in [0.2, 0.25) is 0 Å².